The van der Waals surface area contributed by atoms with Crippen molar-refractivity contribution in [2.45, 2.75) is 6.54 Å². The Morgan fingerprint density at radius 3 is 2.47 bits per heavy atom. The number of nitrogens with one attached hydrogen (secondary N) is 1. The molecule has 0 radical (unpaired) electrons. The number of nitrogens with zero attached hydrogens (tertiary/aromatic N) is 1. The Morgan fingerprint density at radius 1 is 1.37 bits per heavy atom. The monoisotopic (exact) mass is 302 g/mol. The zero-order valence-electron chi connectivity index (χ0n) is 10.5. The molecule has 0 atom stereocenters. The highest BCUT2D eigenvalue weighted by Gasteiger charge is 2.37. The van der Waals surface area contributed by atoms with Crippen LogP contribution in [0, 0.1) is 5.92 Å². The van der Waals surface area contributed by atoms with Crippen LogP contribution in [0.15, 0.2) is 24.3 Å². The van der Waals surface area contributed by atoms with Crippen LogP contribution in [0.3, 0.4) is 0 Å². The van der Waals surface area contributed by atoms with E-state index in [1.165, 1.54) is 4.31 Å². The number of halogens is 1. The Labute approximate surface area is 117 Å². The zero-order valence-corrected chi connectivity index (χ0v) is 12.0. The second kappa shape index (κ2) is 5.48. The van der Waals surface area contributed by atoms with E-state index >= 15 is 0 Å². The summed E-state index contributed by atoms with van der Waals surface area (Å²) in [7, 11) is -3.17. The predicted octanol–water partition coefficient (Wildman–Crippen LogP) is 0.848. The van der Waals surface area contributed by atoms with E-state index < -0.39 is 10.0 Å². The van der Waals surface area contributed by atoms with Crippen LogP contribution in [0.25, 0.3) is 0 Å². The number of hydrogen-bond donors (Lipinski definition) is 1. The van der Waals surface area contributed by atoms with E-state index in [0.29, 0.717) is 11.6 Å². The van der Waals surface area contributed by atoms with E-state index in [2.05, 4.69) is 5.32 Å². The fraction of sp³-hybridized carbons (Fsp3) is 0.417. The first kappa shape index (κ1) is 14.3. The largest absolute Gasteiger partial charge is 0.352 e. The summed E-state index contributed by atoms with van der Waals surface area (Å²) in [5.41, 5.74) is 0.956. The second-order valence-electron chi connectivity index (χ2n) is 4.62. The van der Waals surface area contributed by atoms with Crippen molar-refractivity contribution in [2.24, 2.45) is 5.92 Å². The van der Waals surface area contributed by atoms with Crippen LogP contribution in [0.1, 0.15) is 5.56 Å². The van der Waals surface area contributed by atoms with Gasteiger partial charge in [-0.1, -0.05) is 23.7 Å². The van der Waals surface area contributed by atoms with Gasteiger partial charge < -0.3 is 5.32 Å². The van der Waals surface area contributed by atoms with Crippen LogP contribution < -0.4 is 5.32 Å². The molecule has 0 unspecified atom stereocenters. The molecule has 104 valence electrons. The van der Waals surface area contributed by atoms with Crippen molar-refractivity contribution >= 4 is 27.5 Å². The highest BCUT2D eigenvalue weighted by molar-refractivity contribution is 7.88. The summed E-state index contributed by atoms with van der Waals surface area (Å²) < 4.78 is 23.6. The predicted molar refractivity (Wildman–Crippen MR) is 73.2 cm³/mol. The Kier molecular flexibility index (Phi) is 4.13. The first-order valence-corrected chi connectivity index (χ1v) is 8.06. The molecular formula is C12H15ClN2O3S. The maximum atomic E-state index is 11.8. The third-order valence-corrected chi connectivity index (χ3v) is 4.56. The SMILES string of the molecule is CS(=O)(=O)N1CC(C(=O)NCc2ccc(Cl)cc2)C1. The number of rotatable bonds is 4. The van der Waals surface area contributed by atoms with Gasteiger partial charge >= 0.3 is 0 Å². The summed E-state index contributed by atoms with van der Waals surface area (Å²) in [6, 6.07) is 7.20. The summed E-state index contributed by atoms with van der Waals surface area (Å²) >= 11 is 5.77. The lowest BCUT2D eigenvalue weighted by Crippen LogP contribution is -2.55. The van der Waals surface area contributed by atoms with Crippen LogP contribution in [0.5, 0.6) is 0 Å². The highest BCUT2D eigenvalue weighted by atomic mass is 35.5. The third kappa shape index (κ3) is 3.68. The van der Waals surface area contributed by atoms with Gasteiger partial charge in [0.15, 0.2) is 0 Å². The molecule has 1 aliphatic rings. The summed E-state index contributed by atoms with van der Waals surface area (Å²) in [6.07, 6.45) is 1.15. The molecule has 1 aromatic carbocycles. The van der Waals surface area contributed by atoms with Gasteiger partial charge in [-0.25, -0.2) is 12.7 Å². The fourth-order valence-electron chi connectivity index (χ4n) is 1.81. The number of carbonyl (C=O) groups is 1. The molecule has 1 aromatic rings. The van der Waals surface area contributed by atoms with E-state index in [1.54, 1.807) is 12.1 Å². The molecule has 1 N–H and O–H groups in total. The molecule has 0 aliphatic carbocycles. The molecule has 0 bridgehead atoms. The van der Waals surface area contributed by atoms with E-state index in [1.807, 2.05) is 12.1 Å². The lowest BCUT2D eigenvalue weighted by Gasteiger charge is -2.35. The number of amides is 1. The summed E-state index contributed by atoms with van der Waals surface area (Å²) in [4.78, 5) is 11.8. The van der Waals surface area contributed by atoms with Gasteiger partial charge in [-0.2, -0.15) is 0 Å². The molecule has 5 nitrogen and oxygen atoms in total. The van der Waals surface area contributed by atoms with Gasteiger partial charge in [0.05, 0.1) is 12.2 Å². The molecule has 0 aromatic heterocycles. The first-order chi connectivity index (χ1) is 8.86. The van der Waals surface area contributed by atoms with Crippen molar-refractivity contribution in [3.05, 3.63) is 34.9 Å². The molecule has 1 heterocycles. The Bertz CT molecular complexity index is 565. The Morgan fingerprint density at radius 2 is 1.95 bits per heavy atom. The molecule has 1 aliphatic heterocycles. The van der Waals surface area contributed by atoms with E-state index in [4.69, 9.17) is 11.6 Å². The lowest BCUT2D eigenvalue weighted by molar-refractivity contribution is -0.128. The van der Waals surface area contributed by atoms with Gasteiger partial charge in [0.25, 0.3) is 0 Å². The van der Waals surface area contributed by atoms with Crippen molar-refractivity contribution in [3.63, 3.8) is 0 Å². The average molecular weight is 303 g/mol. The van der Waals surface area contributed by atoms with E-state index in [9.17, 15) is 13.2 Å². The topological polar surface area (TPSA) is 66.5 Å². The molecule has 0 spiro atoms. The molecule has 19 heavy (non-hydrogen) atoms. The second-order valence-corrected chi connectivity index (χ2v) is 7.04. The fourth-order valence-corrected chi connectivity index (χ4v) is 2.84. The van der Waals surface area contributed by atoms with Gasteiger partial charge in [-0.05, 0) is 17.7 Å². The number of sulfonamides is 1. The maximum Gasteiger partial charge on any atom is 0.226 e. The molecule has 2 rings (SSSR count). The minimum Gasteiger partial charge on any atom is -0.352 e. The molecule has 0 saturated carbocycles. The van der Waals surface area contributed by atoms with Crippen LogP contribution >= 0.6 is 11.6 Å². The minimum atomic E-state index is -3.17. The summed E-state index contributed by atoms with van der Waals surface area (Å²) in [6.45, 7) is 0.960. The summed E-state index contributed by atoms with van der Waals surface area (Å²) in [5, 5.41) is 3.44. The lowest BCUT2D eigenvalue weighted by atomic mass is 10.0. The molecule has 1 saturated heterocycles. The number of carbonyl (C=O) groups excluding carboxylic acids is 1. The Hall–Kier alpha value is -1.11. The van der Waals surface area contributed by atoms with Crippen LogP contribution in [-0.2, 0) is 21.4 Å². The van der Waals surface area contributed by atoms with Crippen LogP contribution in [0.4, 0.5) is 0 Å². The maximum absolute atomic E-state index is 11.8. The average Bonchev–Trinajstić information content (AvgIpc) is 2.24. The molecule has 7 heteroatoms. The van der Waals surface area contributed by atoms with Gasteiger partial charge in [0.1, 0.15) is 0 Å². The van der Waals surface area contributed by atoms with Crippen molar-refractivity contribution < 1.29 is 13.2 Å². The zero-order chi connectivity index (χ0) is 14.0. The molecule has 1 amide bonds. The molecule has 1 fully saturated rings. The van der Waals surface area contributed by atoms with Crippen LogP contribution in [-0.4, -0.2) is 38.0 Å². The van der Waals surface area contributed by atoms with Gasteiger partial charge in [0, 0.05) is 24.7 Å². The van der Waals surface area contributed by atoms with E-state index in [0.717, 1.165) is 11.8 Å². The third-order valence-electron chi connectivity index (χ3n) is 3.07. The smallest absolute Gasteiger partial charge is 0.226 e. The van der Waals surface area contributed by atoms with Crippen molar-refractivity contribution in [2.75, 3.05) is 19.3 Å². The van der Waals surface area contributed by atoms with Crippen molar-refractivity contribution in [1.29, 1.82) is 0 Å². The van der Waals surface area contributed by atoms with Gasteiger partial charge in [0.2, 0.25) is 15.9 Å². The van der Waals surface area contributed by atoms with Gasteiger partial charge in [-0.3, -0.25) is 4.79 Å². The standard InChI is InChI=1S/C12H15ClN2O3S/c1-19(17,18)15-7-10(8-15)12(16)14-6-9-2-4-11(13)5-3-9/h2-5,10H,6-8H2,1H3,(H,14,16). The normalized spacial score (nSPS) is 16.9. The van der Waals surface area contributed by atoms with Crippen LogP contribution in [0.2, 0.25) is 5.02 Å². The Balaban J connectivity index is 1.79. The minimum absolute atomic E-state index is 0.116. The van der Waals surface area contributed by atoms with Crippen molar-refractivity contribution in [1.82, 2.24) is 9.62 Å². The quantitative estimate of drug-likeness (QED) is 0.896. The number of benzene rings is 1. The first-order valence-electron chi connectivity index (χ1n) is 5.83. The molecular weight excluding hydrogens is 288 g/mol. The summed E-state index contributed by atoms with van der Waals surface area (Å²) in [5.74, 6) is -0.364. The van der Waals surface area contributed by atoms with Crippen molar-refractivity contribution in [3.8, 4) is 0 Å². The van der Waals surface area contributed by atoms with E-state index in [-0.39, 0.29) is 24.9 Å². The highest BCUT2D eigenvalue weighted by Crippen LogP contribution is 2.18. The number of hydrogen-bond acceptors (Lipinski definition) is 3. The van der Waals surface area contributed by atoms with Gasteiger partial charge in [-0.15, -0.1) is 0 Å².